The number of carbonyl (C=O) groups excluding carboxylic acids is 1. The Labute approximate surface area is 133 Å². The summed E-state index contributed by atoms with van der Waals surface area (Å²) in [6, 6.07) is 9.87. The Kier molecular flexibility index (Phi) is 5.33. The number of hydrogen-bond acceptors (Lipinski definition) is 3. The van der Waals surface area contributed by atoms with Crippen LogP contribution in [-0.4, -0.2) is 15.7 Å². The number of nitrogens with one attached hydrogen (secondary N) is 1. The molecule has 2 rings (SSSR count). The quantitative estimate of drug-likeness (QED) is 0.921. The first-order chi connectivity index (χ1) is 10.5. The van der Waals surface area contributed by atoms with Crippen LogP contribution in [-0.2, 0) is 6.54 Å². The molecule has 1 aromatic heterocycles. The van der Waals surface area contributed by atoms with Gasteiger partial charge in [-0.1, -0.05) is 36.7 Å². The molecule has 0 saturated heterocycles. The maximum atomic E-state index is 12.3. The van der Waals surface area contributed by atoms with E-state index in [1.807, 2.05) is 32.0 Å². The molecule has 6 heteroatoms. The van der Waals surface area contributed by atoms with Crippen LogP contribution in [0.1, 0.15) is 42.4 Å². The van der Waals surface area contributed by atoms with Crippen LogP contribution in [0, 0.1) is 0 Å². The van der Waals surface area contributed by atoms with E-state index in [-0.39, 0.29) is 23.2 Å². The van der Waals surface area contributed by atoms with E-state index in [0.29, 0.717) is 11.6 Å². The van der Waals surface area contributed by atoms with Gasteiger partial charge in [-0.15, -0.1) is 0 Å². The molecule has 1 unspecified atom stereocenters. The van der Waals surface area contributed by atoms with E-state index < -0.39 is 0 Å². The molecule has 0 aliphatic carbocycles. The van der Waals surface area contributed by atoms with Crippen LogP contribution in [0.15, 0.2) is 41.2 Å². The number of benzene rings is 1. The van der Waals surface area contributed by atoms with Crippen molar-refractivity contribution in [3.63, 3.8) is 0 Å². The van der Waals surface area contributed by atoms with Crippen LogP contribution >= 0.6 is 11.6 Å². The minimum absolute atomic E-state index is 0.211. The van der Waals surface area contributed by atoms with Crippen molar-refractivity contribution < 1.29 is 4.79 Å². The molecule has 1 atom stereocenters. The van der Waals surface area contributed by atoms with Crippen LogP contribution in [0.3, 0.4) is 0 Å². The highest BCUT2D eigenvalue weighted by atomic mass is 35.5. The molecule has 1 amide bonds. The van der Waals surface area contributed by atoms with Gasteiger partial charge >= 0.3 is 0 Å². The van der Waals surface area contributed by atoms with Crippen LogP contribution in [0.25, 0.3) is 0 Å². The lowest BCUT2D eigenvalue weighted by Gasteiger charge is -2.15. The molecule has 0 radical (unpaired) electrons. The number of carbonyl (C=O) groups is 1. The molecular formula is C16H18ClN3O2. The van der Waals surface area contributed by atoms with Gasteiger partial charge in [0, 0.05) is 17.6 Å². The number of rotatable bonds is 5. The molecule has 116 valence electrons. The van der Waals surface area contributed by atoms with Crippen LogP contribution < -0.4 is 10.9 Å². The fourth-order valence-electron chi connectivity index (χ4n) is 2.12. The molecule has 0 saturated carbocycles. The second-order valence-corrected chi connectivity index (χ2v) is 5.40. The Morgan fingerprint density at radius 3 is 2.73 bits per heavy atom. The molecule has 22 heavy (non-hydrogen) atoms. The smallest absolute Gasteiger partial charge is 0.272 e. The fourth-order valence-corrected chi connectivity index (χ4v) is 2.42. The summed E-state index contributed by atoms with van der Waals surface area (Å²) < 4.78 is 1.30. The molecule has 1 N–H and O–H groups in total. The lowest BCUT2D eigenvalue weighted by molar-refractivity contribution is 0.0932. The van der Waals surface area contributed by atoms with Crippen LogP contribution in [0.2, 0.25) is 5.02 Å². The number of amides is 1. The minimum Gasteiger partial charge on any atom is -0.344 e. The molecule has 0 spiro atoms. The summed E-state index contributed by atoms with van der Waals surface area (Å²) in [4.78, 5) is 23.9. The normalized spacial score (nSPS) is 12.0. The van der Waals surface area contributed by atoms with Crippen molar-refractivity contribution in [3.8, 4) is 0 Å². The van der Waals surface area contributed by atoms with Crippen molar-refractivity contribution in [2.75, 3.05) is 0 Å². The summed E-state index contributed by atoms with van der Waals surface area (Å²) in [5.74, 6) is -0.336. The van der Waals surface area contributed by atoms with Crippen molar-refractivity contribution in [3.05, 3.63) is 63.0 Å². The highest BCUT2D eigenvalue weighted by Gasteiger charge is 2.15. The molecular weight excluding hydrogens is 302 g/mol. The maximum Gasteiger partial charge on any atom is 0.272 e. The van der Waals surface area contributed by atoms with Gasteiger partial charge in [0.1, 0.15) is 5.69 Å². The highest BCUT2D eigenvalue weighted by Crippen LogP contribution is 2.22. The third-order valence-corrected chi connectivity index (χ3v) is 3.60. The lowest BCUT2D eigenvalue weighted by Crippen LogP contribution is -2.31. The van der Waals surface area contributed by atoms with Crippen molar-refractivity contribution in [1.82, 2.24) is 15.1 Å². The summed E-state index contributed by atoms with van der Waals surface area (Å²) >= 11 is 6.12. The molecule has 0 aliphatic rings. The molecule has 0 bridgehead atoms. The fraction of sp³-hybridized carbons (Fsp3) is 0.312. The van der Waals surface area contributed by atoms with E-state index in [2.05, 4.69) is 10.4 Å². The second-order valence-electron chi connectivity index (χ2n) is 5.00. The molecule has 0 fully saturated rings. The van der Waals surface area contributed by atoms with E-state index in [1.54, 1.807) is 6.07 Å². The van der Waals surface area contributed by atoms with Gasteiger partial charge in [0.05, 0.1) is 6.04 Å². The van der Waals surface area contributed by atoms with Gasteiger partial charge < -0.3 is 5.32 Å². The number of aryl methyl sites for hydroxylation is 1. The zero-order chi connectivity index (χ0) is 16.1. The maximum absolute atomic E-state index is 12.3. The molecule has 1 aromatic carbocycles. The Hall–Kier alpha value is -2.14. The third kappa shape index (κ3) is 3.74. The largest absolute Gasteiger partial charge is 0.344 e. The molecule has 2 aromatic rings. The van der Waals surface area contributed by atoms with Crippen molar-refractivity contribution in [2.45, 2.75) is 32.9 Å². The first kappa shape index (κ1) is 16.2. The predicted molar refractivity (Wildman–Crippen MR) is 86.1 cm³/mol. The number of aromatic nitrogens is 2. The summed E-state index contributed by atoms with van der Waals surface area (Å²) in [6.07, 6.45) is 0.772. The summed E-state index contributed by atoms with van der Waals surface area (Å²) in [5, 5.41) is 7.53. The average molecular weight is 320 g/mol. The summed E-state index contributed by atoms with van der Waals surface area (Å²) in [5.41, 5.74) is 0.837. The van der Waals surface area contributed by atoms with E-state index in [4.69, 9.17) is 11.6 Å². The number of hydrogen-bond donors (Lipinski definition) is 1. The SMILES string of the molecule is CCCn1nc(C(=O)NC(C)c2ccccc2Cl)ccc1=O. The first-order valence-corrected chi connectivity index (χ1v) is 7.54. The second kappa shape index (κ2) is 7.22. The van der Waals surface area contributed by atoms with E-state index in [0.717, 1.165) is 12.0 Å². The van der Waals surface area contributed by atoms with Gasteiger partial charge in [0.2, 0.25) is 0 Å². The van der Waals surface area contributed by atoms with Crippen LogP contribution in [0.5, 0.6) is 0 Å². The Bertz CT molecular complexity index is 727. The highest BCUT2D eigenvalue weighted by molar-refractivity contribution is 6.31. The van der Waals surface area contributed by atoms with Gasteiger partial charge in [-0.2, -0.15) is 5.10 Å². The Morgan fingerprint density at radius 1 is 1.32 bits per heavy atom. The van der Waals surface area contributed by atoms with Crippen LogP contribution in [0.4, 0.5) is 0 Å². The zero-order valence-corrected chi connectivity index (χ0v) is 13.3. The monoisotopic (exact) mass is 319 g/mol. The van der Waals surface area contributed by atoms with Gasteiger partial charge in [0.25, 0.3) is 11.5 Å². The standard InChI is InChI=1S/C16H18ClN3O2/c1-3-10-20-15(21)9-8-14(19-20)16(22)18-11(2)12-6-4-5-7-13(12)17/h4-9,11H,3,10H2,1-2H3,(H,18,22). The number of nitrogens with zero attached hydrogens (tertiary/aromatic N) is 2. The lowest BCUT2D eigenvalue weighted by atomic mass is 10.1. The van der Waals surface area contributed by atoms with Crippen molar-refractivity contribution in [2.24, 2.45) is 0 Å². The third-order valence-electron chi connectivity index (χ3n) is 3.25. The van der Waals surface area contributed by atoms with Crippen molar-refractivity contribution >= 4 is 17.5 Å². The summed E-state index contributed by atoms with van der Waals surface area (Å²) in [7, 11) is 0. The summed E-state index contributed by atoms with van der Waals surface area (Å²) in [6.45, 7) is 4.28. The van der Waals surface area contributed by atoms with Gasteiger partial charge in [-0.3, -0.25) is 9.59 Å². The van der Waals surface area contributed by atoms with Gasteiger partial charge in [-0.25, -0.2) is 4.68 Å². The van der Waals surface area contributed by atoms with Gasteiger partial charge in [0.15, 0.2) is 0 Å². The van der Waals surface area contributed by atoms with E-state index in [1.165, 1.54) is 16.8 Å². The average Bonchev–Trinajstić information content (AvgIpc) is 2.50. The zero-order valence-electron chi connectivity index (χ0n) is 12.5. The molecule has 5 nitrogen and oxygen atoms in total. The topological polar surface area (TPSA) is 64.0 Å². The minimum atomic E-state index is -0.336. The van der Waals surface area contributed by atoms with E-state index >= 15 is 0 Å². The number of halogens is 1. The van der Waals surface area contributed by atoms with Crippen molar-refractivity contribution in [1.29, 1.82) is 0 Å². The Morgan fingerprint density at radius 2 is 2.05 bits per heavy atom. The Balaban J connectivity index is 2.17. The van der Waals surface area contributed by atoms with E-state index in [9.17, 15) is 9.59 Å². The molecule has 0 aliphatic heterocycles. The molecule has 1 heterocycles. The first-order valence-electron chi connectivity index (χ1n) is 7.16. The van der Waals surface area contributed by atoms with Gasteiger partial charge in [-0.05, 0) is 31.0 Å². The predicted octanol–water partition coefficient (Wildman–Crippen LogP) is 2.80.